The number of nitrogens with zero attached hydrogens (tertiary/aromatic N) is 3. The minimum absolute atomic E-state index is 0.135. The Morgan fingerprint density at radius 2 is 1.85 bits per heavy atom. The van der Waals surface area contributed by atoms with Crippen molar-refractivity contribution in [3.63, 3.8) is 0 Å². The predicted octanol–water partition coefficient (Wildman–Crippen LogP) is 5.68. The summed E-state index contributed by atoms with van der Waals surface area (Å²) in [5, 5.41) is 5.64. The van der Waals surface area contributed by atoms with E-state index >= 15 is 0 Å². The number of aliphatic imine (C=N–C) groups is 1. The average molecular weight is 539 g/mol. The molecule has 3 heterocycles. The van der Waals surface area contributed by atoms with Gasteiger partial charge in [0.15, 0.2) is 5.17 Å². The first-order valence-electron chi connectivity index (χ1n) is 12.9. The largest absolute Gasteiger partial charge is 0.463 e. The van der Waals surface area contributed by atoms with Crippen molar-refractivity contribution in [2.75, 3.05) is 6.61 Å². The highest BCUT2D eigenvalue weighted by Gasteiger charge is 2.42. The van der Waals surface area contributed by atoms with Gasteiger partial charge < -0.3 is 15.0 Å². The molecule has 0 saturated carbocycles. The molecule has 2 aliphatic rings. The first-order valence-corrected chi connectivity index (χ1v) is 13.8. The number of fused-ring (bicyclic) bond motifs is 1. The van der Waals surface area contributed by atoms with E-state index in [0.29, 0.717) is 17.8 Å². The molecule has 8 heteroatoms. The summed E-state index contributed by atoms with van der Waals surface area (Å²) < 4.78 is 5.60. The van der Waals surface area contributed by atoms with E-state index < -0.39 is 12.0 Å². The van der Waals surface area contributed by atoms with Crippen molar-refractivity contribution in [1.29, 1.82) is 0 Å². The zero-order chi connectivity index (χ0) is 27.4. The zero-order valence-corrected chi connectivity index (χ0v) is 23.0. The van der Waals surface area contributed by atoms with Crippen molar-refractivity contribution in [1.82, 2.24) is 15.2 Å². The molecule has 1 amide bonds. The van der Waals surface area contributed by atoms with Gasteiger partial charge in [-0.3, -0.25) is 9.78 Å². The fourth-order valence-corrected chi connectivity index (χ4v) is 5.67. The summed E-state index contributed by atoms with van der Waals surface area (Å²) >= 11 is 1.46. The van der Waals surface area contributed by atoms with E-state index in [4.69, 9.17) is 9.73 Å². The smallest absolute Gasteiger partial charge is 0.338 e. The number of hydrogen-bond donors (Lipinski definition) is 1. The van der Waals surface area contributed by atoms with Gasteiger partial charge in [0.05, 0.1) is 42.6 Å². The van der Waals surface area contributed by atoms with Crippen LogP contribution in [0.15, 0.2) is 94.6 Å². The summed E-state index contributed by atoms with van der Waals surface area (Å²) in [5.74, 6) is -0.551. The van der Waals surface area contributed by atoms with Crippen LogP contribution in [0.3, 0.4) is 0 Å². The number of thioether (sulfide) groups is 1. The van der Waals surface area contributed by atoms with Crippen molar-refractivity contribution >= 4 is 34.5 Å². The van der Waals surface area contributed by atoms with Gasteiger partial charge in [0.25, 0.3) is 0 Å². The van der Waals surface area contributed by atoms with Gasteiger partial charge in [-0.2, -0.15) is 0 Å². The lowest BCUT2D eigenvalue weighted by molar-refractivity contribution is -0.139. The molecule has 0 saturated heterocycles. The fraction of sp³-hybridized carbons (Fsp3) is 0.226. The molecule has 5 rings (SSSR count). The van der Waals surface area contributed by atoms with E-state index in [0.717, 1.165) is 38.8 Å². The molecule has 0 bridgehead atoms. The zero-order valence-electron chi connectivity index (χ0n) is 22.2. The molecule has 2 aromatic carbocycles. The summed E-state index contributed by atoms with van der Waals surface area (Å²) in [6, 6.07) is 21.0. The Morgan fingerprint density at radius 3 is 2.59 bits per heavy atom. The maximum absolute atomic E-state index is 13.7. The lowest BCUT2D eigenvalue weighted by Gasteiger charge is -2.37. The van der Waals surface area contributed by atoms with E-state index in [-0.39, 0.29) is 18.9 Å². The molecular weight excluding hydrogens is 508 g/mol. The molecule has 0 fully saturated rings. The van der Waals surface area contributed by atoms with Gasteiger partial charge in [-0.25, -0.2) is 9.79 Å². The molecule has 0 unspecified atom stereocenters. The number of hydrogen-bond acceptors (Lipinski definition) is 7. The second-order valence-electron chi connectivity index (χ2n) is 9.38. The minimum atomic E-state index is -0.503. The molecule has 1 atom stereocenters. The number of carbonyl (C=O) groups excluding carboxylic acids is 2. The predicted molar refractivity (Wildman–Crippen MR) is 154 cm³/mol. The summed E-state index contributed by atoms with van der Waals surface area (Å²) in [6.07, 6.45) is 1.84. The lowest BCUT2D eigenvalue weighted by atomic mass is 9.88. The normalized spacial score (nSPS) is 16.4. The molecule has 0 spiro atoms. The number of carbonyl (C=O) groups is 2. The summed E-state index contributed by atoms with van der Waals surface area (Å²) in [5.41, 5.74) is 6.54. The number of amides is 1. The molecule has 7 nitrogen and oxygen atoms in total. The van der Waals surface area contributed by atoms with Crippen molar-refractivity contribution < 1.29 is 14.3 Å². The highest BCUT2D eigenvalue weighted by molar-refractivity contribution is 8.16. The number of nitrogens with one attached hydrogen (secondary N) is 1. The third-order valence-corrected chi connectivity index (χ3v) is 7.51. The molecule has 3 aromatic rings. The standard InChI is InChI=1S/C31H30N4O3S/c1-4-38-30(37)27-28(22-10-6-5-7-11-22)34-31-35(29(27)25-16-20(2)13-14-21(25)3)24(19-39-31)17-26(36)33-18-23-12-8-9-15-32-23/h5-16,19,29H,4,17-18H2,1-3H3,(H,33,36)/t29-/m1/s1. The second-order valence-corrected chi connectivity index (χ2v) is 10.2. The first kappa shape index (κ1) is 26.4. The number of amidine groups is 1. The van der Waals surface area contributed by atoms with Crippen LogP contribution >= 0.6 is 11.8 Å². The van der Waals surface area contributed by atoms with E-state index in [1.165, 1.54) is 11.8 Å². The Labute approximate surface area is 232 Å². The maximum atomic E-state index is 13.7. The van der Waals surface area contributed by atoms with E-state index in [1.807, 2.05) is 72.7 Å². The SMILES string of the molecule is CCOC(=O)C1=C(c2ccccc2)N=C2SC=C(CC(=O)NCc3ccccn3)N2[C@@H]1c1cc(C)ccc1C. The van der Waals surface area contributed by atoms with Gasteiger partial charge in [0.1, 0.15) is 0 Å². The number of pyridine rings is 1. The monoisotopic (exact) mass is 538 g/mol. The van der Waals surface area contributed by atoms with Crippen LogP contribution in [0.4, 0.5) is 0 Å². The molecule has 1 N–H and O–H groups in total. The molecule has 198 valence electrons. The lowest BCUT2D eigenvalue weighted by Crippen LogP contribution is -2.38. The number of aryl methyl sites for hydroxylation is 2. The summed E-state index contributed by atoms with van der Waals surface area (Å²) in [7, 11) is 0. The average Bonchev–Trinajstić information content (AvgIpc) is 3.35. The van der Waals surface area contributed by atoms with Crippen LogP contribution in [0.5, 0.6) is 0 Å². The van der Waals surface area contributed by atoms with Gasteiger partial charge in [0.2, 0.25) is 5.91 Å². The number of ether oxygens (including phenoxy) is 1. The topological polar surface area (TPSA) is 83.9 Å². The van der Waals surface area contributed by atoms with Crippen LogP contribution < -0.4 is 5.32 Å². The van der Waals surface area contributed by atoms with Crippen molar-refractivity contribution in [3.8, 4) is 0 Å². The van der Waals surface area contributed by atoms with Crippen LogP contribution in [-0.4, -0.2) is 33.5 Å². The number of esters is 1. The van der Waals surface area contributed by atoms with Crippen molar-refractivity contribution in [2.45, 2.75) is 39.8 Å². The number of benzene rings is 2. The maximum Gasteiger partial charge on any atom is 0.338 e. The Hall–Kier alpha value is -4.17. The summed E-state index contributed by atoms with van der Waals surface area (Å²) in [6.45, 7) is 6.46. The van der Waals surface area contributed by atoms with E-state index in [9.17, 15) is 9.59 Å². The van der Waals surface area contributed by atoms with Gasteiger partial charge in [-0.1, -0.05) is 71.9 Å². The Kier molecular flexibility index (Phi) is 7.93. The molecule has 2 aliphatic heterocycles. The highest BCUT2D eigenvalue weighted by atomic mass is 32.2. The quantitative estimate of drug-likeness (QED) is 0.372. The summed E-state index contributed by atoms with van der Waals surface area (Å²) in [4.78, 5) is 38.0. The van der Waals surface area contributed by atoms with Gasteiger partial charge in [-0.05, 0) is 49.4 Å². The van der Waals surface area contributed by atoms with E-state index in [1.54, 1.807) is 13.1 Å². The van der Waals surface area contributed by atoms with Crippen LogP contribution in [0.25, 0.3) is 5.70 Å². The Balaban J connectivity index is 1.56. The molecule has 1 aromatic heterocycles. The van der Waals surface area contributed by atoms with Gasteiger partial charge in [-0.15, -0.1) is 0 Å². The first-order chi connectivity index (χ1) is 19.0. The Bertz CT molecular complexity index is 1480. The molecule has 39 heavy (non-hydrogen) atoms. The Morgan fingerprint density at radius 1 is 1.05 bits per heavy atom. The van der Waals surface area contributed by atoms with Crippen molar-refractivity contribution in [2.24, 2.45) is 4.99 Å². The van der Waals surface area contributed by atoms with Crippen LogP contribution in [0.1, 0.15) is 47.3 Å². The van der Waals surface area contributed by atoms with Crippen molar-refractivity contribution in [3.05, 3.63) is 118 Å². The minimum Gasteiger partial charge on any atom is -0.463 e. The molecule has 0 radical (unpaired) electrons. The fourth-order valence-electron chi connectivity index (χ4n) is 4.76. The number of aromatic nitrogens is 1. The van der Waals surface area contributed by atoms with Crippen LogP contribution in [0.2, 0.25) is 0 Å². The second kappa shape index (κ2) is 11.7. The number of rotatable bonds is 8. The van der Waals surface area contributed by atoms with Gasteiger partial charge >= 0.3 is 5.97 Å². The van der Waals surface area contributed by atoms with Gasteiger partial charge in [0, 0.05) is 17.5 Å². The highest BCUT2D eigenvalue weighted by Crippen LogP contribution is 2.47. The van der Waals surface area contributed by atoms with Crippen LogP contribution in [-0.2, 0) is 20.9 Å². The van der Waals surface area contributed by atoms with E-state index in [2.05, 4.69) is 28.5 Å². The molecule has 0 aliphatic carbocycles. The third-order valence-electron chi connectivity index (χ3n) is 6.62. The molecular formula is C31H30N4O3S. The third kappa shape index (κ3) is 5.66. The van der Waals surface area contributed by atoms with Crippen LogP contribution in [0, 0.1) is 13.8 Å².